The number of hydrogen-bond donors (Lipinski definition) is 2. The largest absolute Gasteiger partial charge is 0.573 e. The number of pyridine rings is 1. The Bertz CT molecular complexity index is 1470. The number of rotatable bonds is 7. The van der Waals surface area contributed by atoms with Gasteiger partial charge in [0, 0.05) is 24.9 Å². The number of carboxylic acids is 1. The van der Waals surface area contributed by atoms with Crippen molar-refractivity contribution >= 4 is 29.2 Å². The lowest BCUT2D eigenvalue weighted by molar-refractivity contribution is -0.384. The van der Waals surface area contributed by atoms with Gasteiger partial charge >= 0.3 is 18.2 Å². The van der Waals surface area contributed by atoms with Gasteiger partial charge in [0.05, 0.1) is 11.0 Å². The minimum absolute atomic E-state index is 0.256. The Labute approximate surface area is 214 Å². The van der Waals surface area contributed by atoms with Crippen LogP contribution in [0.1, 0.15) is 27.7 Å². The Morgan fingerprint density at radius 1 is 1.10 bits per heavy atom. The second kappa shape index (κ2) is 11.1. The van der Waals surface area contributed by atoms with Crippen LogP contribution in [0.3, 0.4) is 0 Å². The summed E-state index contributed by atoms with van der Waals surface area (Å²) in [5, 5.41) is 22.6. The summed E-state index contributed by atoms with van der Waals surface area (Å²) in [4.78, 5) is 50.7. The molecule has 1 atom stereocenters. The van der Waals surface area contributed by atoms with E-state index in [1.165, 1.54) is 6.07 Å². The third kappa shape index (κ3) is 6.60. The zero-order chi connectivity index (χ0) is 29.1. The first-order chi connectivity index (χ1) is 18.2. The third-order valence-electron chi connectivity index (χ3n) is 5.13. The third-order valence-corrected chi connectivity index (χ3v) is 5.13. The lowest BCUT2D eigenvalue weighted by Crippen LogP contribution is -2.34. The summed E-state index contributed by atoms with van der Waals surface area (Å²) in [5.41, 5.74) is -2.39. The van der Waals surface area contributed by atoms with Gasteiger partial charge in [-0.05, 0) is 42.0 Å². The Morgan fingerprint density at radius 3 is 2.36 bits per heavy atom. The number of anilines is 1. The summed E-state index contributed by atoms with van der Waals surface area (Å²) in [6.07, 6.45) is -4.07. The van der Waals surface area contributed by atoms with Crippen LogP contribution in [0.2, 0.25) is 0 Å². The fourth-order valence-corrected chi connectivity index (χ4v) is 3.38. The van der Waals surface area contributed by atoms with Crippen molar-refractivity contribution in [1.82, 2.24) is 10.3 Å². The number of nitrogens with zero attached hydrogens (tertiary/aromatic N) is 3. The van der Waals surface area contributed by atoms with Crippen LogP contribution in [-0.2, 0) is 9.59 Å². The first-order valence-electron chi connectivity index (χ1n) is 10.5. The molecule has 0 aliphatic rings. The van der Waals surface area contributed by atoms with Crippen LogP contribution < -0.4 is 15.0 Å². The van der Waals surface area contributed by atoms with Crippen LogP contribution in [0, 0.1) is 21.7 Å². The van der Waals surface area contributed by atoms with Crippen LogP contribution >= 0.6 is 0 Å². The topological polar surface area (TPSA) is 152 Å². The van der Waals surface area contributed by atoms with Gasteiger partial charge in [0.2, 0.25) is 0 Å². The van der Waals surface area contributed by atoms with Gasteiger partial charge in [-0.3, -0.25) is 29.6 Å². The summed E-state index contributed by atoms with van der Waals surface area (Å²) in [5.74, 6) is -8.23. The molecule has 3 rings (SSSR count). The van der Waals surface area contributed by atoms with Crippen LogP contribution in [0.5, 0.6) is 5.75 Å². The first kappa shape index (κ1) is 28.4. The SMILES string of the molecule is CN(C(=O)C(=O)O)c1cc(C(=O)NC(c2ccc(OC(F)(F)F)c(F)c2)c2ncccc2F)ccc1[N+](=O)[O-]. The molecule has 0 saturated carbocycles. The molecule has 0 bridgehead atoms. The molecule has 3 aromatic rings. The Kier molecular flexibility index (Phi) is 8.07. The summed E-state index contributed by atoms with van der Waals surface area (Å²) >= 11 is 0. The predicted molar refractivity (Wildman–Crippen MR) is 121 cm³/mol. The number of aliphatic carboxylic acids is 1. The molecule has 0 aliphatic heterocycles. The van der Waals surface area contributed by atoms with E-state index in [1.807, 2.05) is 0 Å². The fourth-order valence-electron chi connectivity index (χ4n) is 3.38. The maximum atomic E-state index is 14.6. The molecule has 204 valence electrons. The quantitative estimate of drug-likeness (QED) is 0.194. The van der Waals surface area contributed by atoms with Gasteiger partial charge in [0.15, 0.2) is 11.6 Å². The lowest BCUT2D eigenvalue weighted by Gasteiger charge is -2.21. The molecule has 0 aliphatic carbocycles. The number of hydrogen-bond acceptors (Lipinski definition) is 7. The van der Waals surface area contributed by atoms with Crippen molar-refractivity contribution in [3.8, 4) is 5.75 Å². The molecule has 2 N–H and O–H groups in total. The summed E-state index contributed by atoms with van der Waals surface area (Å²) < 4.78 is 70.1. The number of carbonyl (C=O) groups is 3. The van der Waals surface area contributed by atoms with E-state index < -0.39 is 69.6 Å². The number of alkyl halides is 3. The second-order valence-corrected chi connectivity index (χ2v) is 7.64. The number of amides is 2. The van der Waals surface area contributed by atoms with E-state index in [-0.39, 0.29) is 11.1 Å². The molecule has 0 radical (unpaired) electrons. The van der Waals surface area contributed by atoms with Gasteiger partial charge in [-0.2, -0.15) is 0 Å². The standard InChI is InChI=1S/C23H15F5N4O7/c1-31(21(34)22(35)36)16-10-12(4-6-15(16)32(37)38)20(33)30-18(19-13(24)3-2-8-29-19)11-5-7-17(14(25)9-11)39-23(26,27)28/h2-10,18H,1H3,(H,30,33)(H,35,36). The number of carbonyl (C=O) groups excluding carboxylic acids is 2. The average molecular weight is 554 g/mol. The molecular formula is C23H15F5N4O7. The highest BCUT2D eigenvalue weighted by Gasteiger charge is 2.33. The molecule has 11 nitrogen and oxygen atoms in total. The number of nitro groups is 1. The number of likely N-dealkylation sites (N-methyl/N-ethyl adjacent to an activating group) is 1. The van der Waals surface area contributed by atoms with Crippen molar-refractivity contribution in [2.75, 3.05) is 11.9 Å². The molecule has 2 amide bonds. The molecule has 1 aromatic heterocycles. The normalized spacial score (nSPS) is 11.8. The van der Waals surface area contributed by atoms with Crippen molar-refractivity contribution in [2.24, 2.45) is 0 Å². The van der Waals surface area contributed by atoms with E-state index in [2.05, 4.69) is 15.0 Å². The number of halogens is 5. The van der Waals surface area contributed by atoms with Crippen molar-refractivity contribution in [3.63, 3.8) is 0 Å². The van der Waals surface area contributed by atoms with Crippen LogP contribution in [0.15, 0.2) is 54.7 Å². The molecule has 0 spiro atoms. The van der Waals surface area contributed by atoms with E-state index in [1.54, 1.807) is 0 Å². The van der Waals surface area contributed by atoms with Gasteiger partial charge in [0.1, 0.15) is 17.2 Å². The summed E-state index contributed by atoms with van der Waals surface area (Å²) in [7, 11) is 0.917. The summed E-state index contributed by atoms with van der Waals surface area (Å²) in [6.45, 7) is 0. The average Bonchev–Trinajstić information content (AvgIpc) is 2.86. The number of nitro benzene ring substituents is 1. The molecule has 2 aromatic carbocycles. The number of ether oxygens (including phenoxy) is 1. The zero-order valence-electron chi connectivity index (χ0n) is 19.4. The highest BCUT2D eigenvalue weighted by Crippen LogP contribution is 2.32. The second-order valence-electron chi connectivity index (χ2n) is 7.64. The number of benzene rings is 2. The molecule has 16 heteroatoms. The molecule has 0 fully saturated rings. The minimum Gasteiger partial charge on any atom is -0.474 e. The molecule has 0 saturated heterocycles. The van der Waals surface area contributed by atoms with E-state index in [0.29, 0.717) is 17.0 Å². The highest BCUT2D eigenvalue weighted by atomic mass is 19.4. The van der Waals surface area contributed by atoms with Crippen molar-refractivity contribution < 1.29 is 51.1 Å². The van der Waals surface area contributed by atoms with E-state index in [0.717, 1.165) is 43.6 Å². The van der Waals surface area contributed by atoms with Gasteiger partial charge in [-0.25, -0.2) is 13.6 Å². The maximum Gasteiger partial charge on any atom is 0.573 e. The van der Waals surface area contributed by atoms with Crippen molar-refractivity contribution in [1.29, 1.82) is 0 Å². The van der Waals surface area contributed by atoms with Crippen LogP contribution in [-0.4, -0.2) is 46.2 Å². The lowest BCUT2D eigenvalue weighted by atomic mass is 10.0. The number of nitrogens with one attached hydrogen (secondary N) is 1. The van der Waals surface area contributed by atoms with Gasteiger partial charge in [-0.15, -0.1) is 13.2 Å². The fraction of sp³-hybridized carbons (Fsp3) is 0.130. The van der Waals surface area contributed by atoms with E-state index in [9.17, 15) is 46.5 Å². The van der Waals surface area contributed by atoms with E-state index in [4.69, 9.17) is 5.11 Å². The highest BCUT2D eigenvalue weighted by molar-refractivity contribution is 6.37. The first-order valence-corrected chi connectivity index (χ1v) is 10.5. The predicted octanol–water partition coefficient (Wildman–Crippen LogP) is 3.73. The maximum absolute atomic E-state index is 14.6. The van der Waals surface area contributed by atoms with Crippen LogP contribution in [0.25, 0.3) is 0 Å². The smallest absolute Gasteiger partial charge is 0.474 e. The number of carboxylic acid groups (broad SMARTS) is 1. The number of aromatic nitrogens is 1. The van der Waals surface area contributed by atoms with Crippen LogP contribution in [0.4, 0.5) is 33.3 Å². The Balaban J connectivity index is 2.05. The summed E-state index contributed by atoms with van der Waals surface area (Å²) in [6, 6.07) is 5.23. The Hall–Kier alpha value is -5.15. The molecule has 39 heavy (non-hydrogen) atoms. The molecular weight excluding hydrogens is 539 g/mol. The van der Waals surface area contributed by atoms with E-state index >= 15 is 0 Å². The zero-order valence-corrected chi connectivity index (χ0v) is 19.4. The van der Waals surface area contributed by atoms with Gasteiger partial charge in [-0.1, -0.05) is 6.07 Å². The minimum atomic E-state index is -5.20. The molecule has 1 unspecified atom stereocenters. The van der Waals surface area contributed by atoms with Gasteiger partial charge < -0.3 is 15.2 Å². The molecule has 1 heterocycles. The monoisotopic (exact) mass is 554 g/mol. The van der Waals surface area contributed by atoms with Crippen molar-refractivity contribution in [3.05, 3.63) is 93.3 Å². The van der Waals surface area contributed by atoms with Crippen molar-refractivity contribution in [2.45, 2.75) is 12.4 Å². The Morgan fingerprint density at radius 2 is 1.79 bits per heavy atom. The van der Waals surface area contributed by atoms with Gasteiger partial charge in [0.25, 0.3) is 11.6 Å².